The first-order valence-corrected chi connectivity index (χ1v) is 5.84. The standard InChI is InChI=1S/C13H17N3/c1-15-9-3-5-13-11(7-9)10-6-8(14)2-4-12(10)16-13/h2,4,6,9,15-16H,3,5,7,14H2,1H3. The lowest BCUT2D eigenvalue weighted by Gasteiger charge is -2.21. The highest BCUT2D eigenvalue weighted by molar-refractivity contribution is 5.87. The van der Waals surface area contributed by atoms with E-state index in [9.17, 15) is 0 Å². The molecule has 1 aliphatic carbocycles. The van der Waals surface area contributed by atoms with Crippen LogP contribution in [0.3, 0.4) is 0 Å². The van der Waals surface area contributed by atoms with Crippen molar-refractivity contribution >= 4 is 16.6 Å². The maximum Gasteiger partial charge on any atom is 0.0460 e. The second kappa shape index (κ2) is 3.52. The molecular formula is C13H17N3. The van der Waals surface area contributed by atoms with Crippen LogP contribution in [0.2, 0.25) is 0 Å². The number of aromatic amines is 1. The van der Waals surface area contributed by atoms with Crippen LogP contribution in [0.5, 0.6) is 0 Å². The zero-order valence-electron chi connectivity index (χ0n) is 9.51. The molecule has 0 spiro atoms. The Kier molecular flexibility index (Phi) is 2.14. The number of hydrogen-bond donors (Lipinski definition) is 3. The van der Waals surface area contributed by atoms with Gasteiger partial charge in [-0.15, -0.1) is 0 Å². The molecule has 16 heavy (non-hydrogen) atoms. The van der Waals surface area contributed by atoms with Crippen LogP contribution < -0.4 is 11.1 Å². The SMILES string of the molecule is CNC1CCc2[nH]c3ccc(N)cc3c2C1. The zero-order chi connectivity index (χ0) is 11.1. The molecule has 4 N–H and O–H groups in total. The van der Waals surface area contributed by atoms with Crippen molar-refractivity contribution in [1.82, 2.24) is 10.3 Å². The summed E-state index contributed by atoms with van der Waals surface area (Å²) in [5, 5.41) is 4.67. The van der Waals surface area contributed by atoms with Gasteiger partial charge in [0.25, 0.3) is 0 Å². The van der Waals surface area contributed by atoms with E-state index >= 15 is 0 Å². The van der Waals surface area contributed by atoms with Crippen molar-refractivity contribution in [3.8, 4) is 0 Å². The van der Waals surface area contributed by atoms with Crippen LogP contribution in [0.25, 0.3) is 10.9 Å². The number of aromatic nitrogens is 1. The van der Waals surface area contributed by atoms with Gasteiger partial charge in [-0.1, -0.05) is 0 Å². The monoisotopic (exact) mass is 215 g/mol. The third kappa shape index (κ3) is 1.39. The number of benzene rings is 1. The number of H-pyrrole nitrogens is 1. The normalized spacial score (nSPS) is 19.9. The van der Waals surface area contributed by atoms with Crippen LogP contribution in [0.1, 0.15) is 17.7 Å². The van der Waals surface area contributed by atoms with Crippen LogP contribution in [-0.2, 0) is 12.8 Å². The van der Waals surface area contributed by atoms with E-state index in [0.717, 1.165) is 18.5 Å². The minimum Gasteiger partial charge on any atom is -0.399 e. The zero-order valence-corrected chi connectivity index (χ0v) is 9.51. The summed E-state index contributed by atoms with van der Waals surface area (Å²) in [6.45, 7) is 0. The van der Waals surface area contributed by atoms with Gasteiger partial charge in [0.05, 0.1) is 0 Å². The molecule has 0 fully saturated rings. The van der Waals surface area contributed by atoms with Crippen molar-refractivity contribution in [2.45, 2.75) is 25.3 Å². The molecule has 3 heteroatoms. The minimum absolute atomic E-state index is 0.605. The van der Waals surface area contributed by atoms with Crippen molar-refractivity contribution < 1.29 is 0 Å². The molecule has 2 aromatic rings. The highest BCUT2D eigenvalue weighted by atomic mass is 14.9. The number of hydrogen-bond acceptors (Lipinski definition) is 2. The predicted octanol–water partition coefficient (Wildman–Crippen LogP) is 1.83. The molecule has 3 nitrogen and oxygen atoms in total. The number of likely N-dealkylation sites (N-methyl/N-ethyl adjacent to an activating group) is 1. The van der Waals surface area contributed by atoms with Crippen LogP contribution in [0.15, 0.2) is 18.2 Å². The van der Waals surface area contributed by atoms with Gasteiger partial charge >= 0.3 is 0 Å². The molecule has 0 aliphatic heterocycles. The first-order chi connectivity index (χ1) is 7.78. The molecule has 1 aromatic heterocycles. The lowest BCUT2D eigenvalue weighted by molar-refractivity contribution is 0.495. The number of aryl methyl sites for hydroxylation is 1. The van der Waals surface area contributed by atoms with Crippen LogP contribution >= 0.6 is 0 Å². The third-order valence-corrected chi connectivity index (χ3v) is 3.62. The van der Waals surface area contributed by atoms with E-state index in [4.69, 9.17) is 5.73 Å². The second-order valence-corrected chi connectivity index (χ2v) is 4.62. The summed E-state index contributed by atoms with van der Waals surface area (Å²) in [6.07, 6.45) is 3.45. The molecule has 1 aromatic carbocycles. The molecule has 1 atom stereocenters. The van der Waals surface area contributed by atoms with E-state index in [1.807, 2.05) is 13.1 Å². The van der Waals surface area contributed by atoms with Gasteiger partial charge in [0.2, 0.25) is 0 Å². The Hall–Kier alpha value is -1.48. The topological polar surface area (TPSA) is 53.8 Å². The number of rotatable bonds is 1. The molecule has 3 rings (SSSR count). The summed E-state index contributed by atoms with van der Waals surface area (Å²) in [4.78, 5) is 3.50. The van der Waals surface area contributed by atoms with E-state index in [0.29, 0.717) is 6.04 Å². The van der Waals surface area contributed by atoms with Gasteiger partial charge in [-0.05, 0) is 50.1 Å². The molecule has 0 saturated carbocycles. The van der Waals surface area contributed by atoms with E-state index in [-0.39, 0.29) is 0 Å². The van der Waals surface area contributed by atoms with E-state index < -0.39 is 0 Å². The highest BCUT2D eigenvalue weighted by Gasteiger charge is 2.21. The third-order valence-electron chi connectivity index (χ3n) is 3.62. The van der Waals surface area contributed by atoms with E-state index in [2.05, 4.69) is 22.4 Å². The van der Waals surface area contributed by atoms with Crippen LogP contribution in [-0.4, -0.2) is 18.1 Å². The summed E-state index contributed by atoms with van der Waals surface area (Å²) >= 11 is 0. The van der Waals surface area contributed by atoms with E-state index in [1.165, 1.54) is 28.6 Å². The highest BCUT2D eigenvalue weighted by Crippen LogP contribution is 2.30. The molecule has 0 amide bonds. The number of fused-ring (bicyclic) bond motifs is 3. The molecule has 1 unspecified atom stereocenters. The summed E-state index contributed by atoms with van der Waals surface area (Å²) in [7, 11) is 2.04. The quantitative estimate of drug-likeness (QED) is 0.636. The number of nitrogens with two attached hydrogens (primary N) is 1. The summed E-state index contributed by atoms with van der Waals surface area (Å²) < 4.78 is 0. The van der Waals surface area contributed by atoms with Crippen LogP contribution in [0, 0.1) is 0 Å². The molecule has 1 heterocycles. The molecule has 0 radical (unpaired) electrons. The number of nitrogens with one attached hydrogen (secondary N) is 2. The molecule has 1 aliphatic rings. The summed E-state index contributed by atoms with van der Waals surface area (Å²) in [5.74, 6) is 0. The van der Waals surface area contributed by atoms with Crippen molar-refractivity contribution in [2.75, 3.05) is 12.8 Å². The maximum absolute atomic E-state index is 5.85. The fourth-order valence-corrected chi connectivity index (χ4v) is 2.68. The molecular weight excluding hydrogens is 198 g/mol. The minimum atomic E-state index is 0.605. The Bertz CT molecular complexity index is 527. The lowest BCUT2D eigenvalue weighted by atomic mass is 9.91. The summed E-state index contributed by atoms with van der Waals surface area (Å²) in [6, 6.07) is 6.73. The van der Waals surface area contributed by atoms with Gasteiger partial charge < -0.3 is 16.0 Å². The number of nitrogen functional groups attached to an aromatic ring is 1. The molecule has 84 valence electrons. The molecule has 0 saturated heterocycles. The van der Waals surface area contributed by atoms with Crippen LogP contribution in [0.4, 0.5) is 5.69 Å². The average molecular weight is 215 g/mol. The van der Waals surface area contributed by atoms with Gasteiger partial charge in [-0.25, -0.2) is 0 Å². The average Bonchev–Trinajstić information content (AvgIpc) is 2.66. The van der Waals surface area contributed by atoms with Crippen molar-refractivity contribution in [3.05, 3.63) is 29.5 Å². The van der Waals surface area contributed by atoms with Gasteiger partial charge in [0.15, 0.2) is 0 Å². The van der Waals surface area contributed by atoms with Gasteiger partial charge in [-0.2, -0.15) is 0 Å². The summed E-state index contributed by atoms with van der Waals surface area (Å²) in [5.41, 5.74) is 10.8. The second-order valence-electron chi connectivity index (χ2n) is 4.62. The Labute approximate surface area is 95.0 Å². The largest absolute Gasteiger partial charge is 0.399 e. The fraction of sp³-hybridized carbons (Fsp3) is 0.385. The van der Waals surface area contributed by atoms with Gasteiger partial charge in [0.1, 0.15) is 0 Å². The van der Waals surface area contributed by atoms with Gasteiger partial charge in [-0.3, -0.25) is 0 Å². The maximum atomic E-state index is 5.85. The van der Waals surface area contributed by atoms with Gasteiger partial charge in [0, 0.05) is 28.3 Å². The smallest absolute Gasteiger partial charge is 0.0460 e. The van der Waals surface area contributed by atoms with Crippen molar-refractivity contribution in [2.24, 2.45) is 0 Å². The van der Waals surface area contributed by atoms with Crippen molar-refractivity contribution in [1.29, 1.82) is 0 Å². The number of anilines is 1. The molecule has 0 bridgehead atoms. The van der Waals surface area contributed by atoms with Crippen molar-refractivity contribution in [3.63, 3.8) is 0 Å². The lowest BCUT2D eigenvalue weighted by Crippen LogP contribution is -2.31. The first kappa shape index (κ1) is 9.73. The predicted molar refractivity (Wildman–Crippen MR) is 67.6 cm³/mol. The van der Waals surface area contributed by atoms with E-state index in [1.54, 1.807) is 0 Å². The first-order valence-electron chi connectivity index (χ1n) is 5.84. The Morgan fingerprint density at radius 1 is 1.44 bits per heavy atom. The Balaban J connectivity index is 2.15. The Morgan fingerprint density at radius 2 is 2.31 bits per heavy atom. The fourth-order valence-electron chi connectivity index (χ4n) is 2.68. The Morgan fingerprint density at radius 3 is 3.12 bits per heavy atom.